The minimum absolute atomic E-state index is 0.493. The fourth-order valence-electron chi connectivity index (χ4n) is 2.30. The highest BCUT2D eigenvalue weighted by Gasteiger charge is 2.31. The lowest BCUT2D eigenvalue weighted by Gasteiger charge is -2.32. The molecule has 2 aromatic rings. The first kappa shape index (κ1) is 13.1. The topological polar surface area (TPSA) is 71.2 Å². The van der Waals surface area contributed by atoms with Crippen molar-refractivity contribution in [1.29, 1.82) is 0 Å². The maximum Gasteiger partial charge on any atom is 0.325 e. The van der Waals surface area contributed by atoms with Gasteiger partial charge in [0.25, 0.3) is 0 Å². The molecule has 0 saturated carbocycles. The van der Waals surface area contributed by atoms with E-state index in [0.717, 1.165) is 16.5 Å². The number of aliphatic carboxylic acids is 1. The van der Waals surface area contributed by atoms with Crippen LogP contribution in [0.15, 0.2) is 35.5 Å². The number of carbonyl (C=O) groups is 1. The van der Waals surface area contributed by atoms with Crippen molar-refractivity contribution < 1.29 is 9.90 Å². The number of aryl methyl sites for hydroxylation is 1. The molecule has 0 spiro atoms. The average Bonchev–Trinajstić information content (AvgIpc) is 2.81. The molecule has 0 radical (unpaired) electrons. The van der Waals surface area contributed by atoms with E-state index in [1.807, 2.05) is 46.7 Å². The number of hydrogen-bond acceptors (Lipinski definition) is 5. The number of hydrogen-bond donors (Lipinski definition) is 1. The Balaban J connectivity index is 1.91. The highest BCUT2D eigenvalue weighted by Crippen LogP contribution is 2.31. The minimum atomic E-state index is -0.842. The SMILES string of the molecule is Cc1nnc2n1CN(C(C(=O)O)c1ccccc1)CS2. The standard InChI is InChI=1S/C13H14N4O2S/c1-9-14-15-13-17(9)7-16(8-20-13)11(12(18)19)10-5-3-2-4-6-10/h2-6,11H,7-8H2,1H3,(H,18,19). The van der Waals surface area contributed by atoms with E-state index in [1.54, 1.807) is 0 Å². The van der Waals surface area contributed by atoms with E-state index in [9.17, 15) is 9.90 Å². The second kappa shape index (κ2) is 5.26. The van der Waals surface area contributed by atoms with Crippen molar-refractivity contribution in [3.8, 4) is 0 Å². The van der Waals surface area contributed by atoms with Crippen LogP contribution >= 0.6 is 11.8 Å². The lowest BCUT2D eigenvalue weighted by atomic mass is 10.1. The van der Waals surface area contributed by atoms with E-state index in [0.29, 0.717) is 12.5 Å². The quantitative estimate of drug-likeness (QED) is 0.928. The normalized spacial score (nSPS) is 16.6. The Morgan fingerprint density at radius 2 is 2.10 bits per heavy atom. The van der Waals surface area contributed by atoms with Crippen molar-refractivity contribution in [2.75, 3.05) is 5.88 Å². The second-order valence-electron chi connectivity index (χ2n) is 4.61. The van der Waals surface area contributed by atoms with E-state index in [-0.39, 0.29) is 0 Å². The molecule has 1 aliphatic heterocycles. The van der Waals surface area contributed by atoms with Crippen molar-refractivity contribution in [1.82, 2.24) is 19.7 Å². The summed E-state index contributed by atoms with van der Waals surface area (Å²) < 4.78 is 1.94. The van der Waals surface area contributed by atoms with Crippen molar-refractivity contribution in [2.24, 2.45) is 0 Å². The zero-order valence-electron chi connectivity index (χ0n) is 10.9. The summed E-state index contributed by atoms with van der Waals surface area (Å²) in [5.74, 6) is 0.546. The van der Waals surface area contributed by atoms with Crippen molar-refractivity contribution in [3.05, 3.63) is 41.7 Å². The van der Waals surface area contributed by atoms with Gasteiger partial charge in [-0.1, -0.05) is 42.1 Å². The molecule has 1 aromatic carbocycles. The highest BCUT2D eigenvalue weighted by molar-refractivity contribution is 7.99. The molecule has 1 N–H and O–H groups in total. The third-order valence-corrected chi connectivity index (χ3v) is 4.32. The van der Waals surface area contributed by atoms with Crippen LogP contribution < -0.4 is 0 Å². The largest absolute Gasteiger partial charge is 0.480 e. The molecule has 0 amide bonds. The van der Waals surface area contributed by atoms with Crippen LogP contribution in [-0.2, 0) is 11.5 Å². The Morgan fingerprint density at radius 3 is 2.80 bits per heavy atom. The maximum absolute atomic E-state index is 11.6. The van der Waals surface area contributed by atoms with Gasteiger partial charge in [-0.2, -0.15) is 0 Å². The molecule has 1 aliphatic rings. The van der Waals surface area contributed by atoms with Crippen LogP contribution in [0.4, 0.5) is 0 Å². The van der Waals surface area contributed by atoms with Crippen molar-refractivity contribution >= 4 is 17.7 Å². The van der Waals surface area contributed by atoms with Gasteiger partial charge in [0.1, 0.15) is 11.9 Å². The summed E-state index contributed by atoms with van der Waals surface area (Å²) in [4.78, 5) is 13.6. The van der Waals surface area contributed by atoms with Gasteiger partial charge in [-0.15, -0.1) is 10.2 Å². The molecule has 0 saturated heterocycles. The number of carboxylic acid groups (broad SMARTS) is 1. The first-order chi connectivity index (χ1) is 9.66. The summed E-state index contributed by atoms with van der Waals surface area (Å²) in [6.07, 6.45) is 0. The van der Waals surface area contributed by atoms with E-state index >= 15 is 0 Å². The maximum atomic E-state index is 11.6. The Kier molecular flexibility index (Phi) is 3.45. The van der Waals surface area contributed by atoms with E-state index in [1.165, 1.54) is 11.8 Å². The Morgan fingerprint density at radius 1 is 1.35 bits per heavy atom. The summed E-state index contributed by atoms with van der Waals surface area (Å²) in [5, 5.41) is 18.5. The molecule has 1 atom stereocenters. The van der Waals surface area contributed by atoms with Crippen molar-refractivity contribution in [3.63, 3.8) is 0 Å². The Bertz CT molecular complexity index is 629. The molecule has 1 unspecified atom stereocenters. The highest BCUT2D eigenvalue weighted by atomic mass is 32.2. The van der Waals surface area contributed by atoms with Crippen LogP contribution in [0, 0.1) is 6.92 Å². The number of thioether (sulfide) groups is 1. The smallest absolute Gasteiger partial charge is 0.325 e. The molecule has 2 heterocycles. The molecule has 1 aromatic heterocycles. The summed E-state index contributed by atoms with van der Waals surface area (Å²) in [6, 6.07) is 8.64. The van der Waals surface area contributed by atoms with Gasteiger partial charge in [0.05, 0.1) is 12.5 Å². The first-order valence-electron chi connectivity index (χ1n) is 6.21. The monoisotopic (exact) mass is 290 g/mol. The third kappa shape index (κ3) is 2.30. The first-order valence-corrected chi connectivity index (χ1v) is 7.20. The van der Waals surface area contributed by atoms with Gasteiger partial charge in [0.15, 0.2) is 5.16 Å². The lowest BCUT2D eigenvalue weighted by molar-refractivity contribution is -0.144. The predicted molar refractivity (Wildman–Crippen MR) is 74.1 cm³/mol. The molecule has 0 bridgehead atoms. The van der Waals surface area contributed by atoms with Crippen molar-refractivity contribution in [2.45, 2.75) is 24.8 Å². The van der Waals surface area contributed by atoms with Gasteiger partial charge < -0.3 is 5.11 Å². The molecular formula is C13H14N4O2S. The predicted octanol–water partition coefficient (Wildman–Crippen LogP) is 1.74. The second-order valence-corrected chi connectivity index (χ2v) is 5.52. The summed E-state index contributed by atoms with van der Waals surface area (Å²) in [5.41, 5.74) is 0.787. The molecule has 104 valence electrons. The third-order valence-electron chi connectivity index (χ3n) is 3.30. The Labute approximate surface area is 120 Å². The summed E-state index contributed by atoms with van der Waals surface area (Å²) in [6.45, 7) is 2.37. The van der Waals surface area contributed by atoms with Crippen LogP contribution in [0.2, 0.25) is 0 Å². The number of nitrogens with zero attached hydrogens (tertiary/aromatic N) is 4. The van der Waals surface area contributed by atoms with Crippen LogP contribution in [0.1, 0.15) is 17.4 Å². The van der Waals surface area contributed by atoms with Gasteiger partial charge in [0, 0.05) is 0 Å². The Hall–Kier alpha value is -1.86. The van der Waals surface area contributed by atoms with Gasteiger partial charge in [-0.05, 0) is 12.5 Å². The fourth-order valence-corrected chi connectivity index (χ4v) is 3.25. The zero-order chi connectivity index (χ0) is 14.1. The molecule has 3 rings (SSSR count). The number of fused-ring (bicyclic) bond motifs is 1. The number of rotatable bonds is 3. The number of benzene rings is 1. The number of aromatic nitrogens is 3. The zero-order valence-corrected chi connectivity index (χ0v) is 11.7. The molecular weight excluding hydrogens is 276 g/mol. The lowest BCUT2D eigenvalue weighted by Crippen LogP contribution is -2.38. The molecule has 0 aliphatic carbocycles. The molecule has 6 nitrogen and oxygen atoms in total. The number of carboxylic acids is 1. The van der Waals surface area contributed by atoms with Gasteiger partial charge >= 0.3 is 5.97 Å². The molecule has 20 heavy (non-hydrogen) atoms. The molecule has 7 heteroatoms. The van der Waals surface area contributed by atoms with Gasteiger partial charge in [0.2, 0.25) is 0 Å². The van der Waals surface area contributed by atoms with E-state index in [4.69, 9.17) is 0 Å². The average molecular weight is 290 g/mol. The van der Waals surface area contributed by atoms with Gasteiger partial charge in [-0.3, -0.25) is 14.3 Å². The van der Waals surface area contributed by atoms with Crippen LogP contribution in [-0.4, -0.2) is 36.6 Å². The molecule has 0 fully saturated rings. The van der Waals surface area contributed by atoms with Crippen LogP contribution in [0.5, 0.6) is 0 Å². The van der Waals surface area contributed by atoms with Crippen LogP contribution in [0.3, 0.4) is 0 Å². The summed E-state index contributed by atoms with van der Waals surface area (Å²) in [7, 11) is 0. The van der Waals surface area contributed by atoms with E-state index in [2.05, 4.69) is 10.2 Å². The van der Waals surface area contributed by atoms with Crippen LogP contribution in [0.25, 0.3) is 0 Å². The minimum Gasteiger partial charge on any atom is -0.480 e. The van der Waals surface area contributed by atoms with E-state index < -0.39 is 12.0 Å². The fraction of sp³-hybridized carbons (Fsp3) is 0.308. The summed E-state index contributed by atoms with van der Waals surface area (Å²) >= 11 is 1.51. The van der Waals surface area contributed by atoms with Gasteiger partial charge in [-0.25, -0.2) is 0 Å².